The van der Waals surface area contributed by atoms with E-state index in [0.29, 0.717) is 12.1 Å². The lowest BCUT2D eigenvalue weighted by Crippen LogP contribution is -2.25. The fourth-order valence-corrected chi connectivity index (χ4v) is 1.62. The van der Waals surface area contributed by atoms with Crippen LogP contribution in [0.2, 0.25) is 0 Å². The molecule has 0 aliphatic rings. The average molecular weight is 276 g/mol. The van der Waals surface area contributed by atoms with Crippen molar-refractivity contribution in [3.8, 4) is 0 Å². The smallest absolute Gasteiger partial charge is 0.251 e. The van der Waals surface area contributed by atoms with Crippen molar-refractivity contribution in [1.29, 1.82) is 0 Å². The number of benzene rings is 1. The van der Waals surface area contributed by atoms with Gasteiger partial charge < -0.3 is 15.4 Å². The maximum absolute atomic E-state index is 11.7. The summed E-state index contributed by atoms with van der Waals surface area (Å²) in [6.45, 7) is 8.98. The maximum atomic E-state index is 11.7. The Balaban J connectivity index is 2.46. The number of carbonyl (C=O) groups is 1. The molecule has 0 bridgehead atoms. The third kappa shape index (κ3) is 5.45. The largest absolute Gasteiger partial charge is 0.385 e. The van der Waals surface area contributed by atoms with Gasteiger partial charge in [0.1, 0.15) is 0 Å². The van der Waals surface area contributed by atoms with Crippen LogP contribution >= 0.6 is 0 Å². The molecule has 0 saturated carbocycles. The van der Waals surface area contributed by atoms with E-state index in [2.05, 4.69) is 31.1 Å². The van der Waals surface area contributed by atoms with E-state index < -0.39 is 0 Å². The van der Waals surface area contributed by atoms with Gasteiger partial charge in [-0.1, -0.05) is 6.08 Å². The predicted molar refractivity (Wildman–Crippen MR) is 83.2 cm³/mol. The number of rotatable bonds is 8. The van der Waals surface area contributed by atoms with Crippen LogP contribution in [0.15, 0.2) is 36.9 Å². The molecule has 1 aromatic rings. The Morgan fingerprint density at radius 1 is 1.35 bits per heavy atom. The van der Waals surface area contributed by atoms with Gasteiger partial charge in [-0.2, -0.15) is 0 Å². The highest BCUT2D eigenvalue weighted by Gasteiger charge is 2.15. The highest BCUT2D eigenvalue weighted by Crippen LogP contribution is 2.14. The molecular weight excluding hydrogens is 252 g/mol. The molecule has 4 heteroatoms. The molecule has 0 unspecified atom stereocenters. The summed E-state index contributed by atoms with van der Waals surface area (Å²) in [7, 11) is 1.72. The van der Waals surface area contributed by atoms with Crippen LogP contribution < -0.4 is 10.6 Å². The zero-order chi connectivity index (χ0) is 15.0. The number of ether oxygens (including phenoxy) is 1. The summed E-state index contributed by atoms with van der Waals surface area (Å²) in [5.41, 5.74) is 1.52. The number of hydrogen-bond donors (Lipinski definition) is 2. The third-order valence-corrected chi connectivity index (χ3v) is 3.16. The molecule has 0 saturated heterocycles. The summed E-state index contributed by atoms with van der Waals surface area (Å²) in [6.07, 6.45) is 2.57. The van der Waals surface area contributed by atoms with Gasteiger partial charge in [-0.05, 0) is 44.5 Å². The van der Waals surface area contributed by atoms with E-state index in [1.165, 1.54) is 0 Å². The van der Waals surface area contributed by atoms with Gasteiger partial charge in [0.15, 0.2) is 0 Å². The van der Waals surface area contributed by atoms with Crippen molar-refractivity contribution in [3.63, 3.8) is 0 Å². The van der Waals surface area contributed by atoms with Gasteiger partial charge in [0.05, 0.1) is 5.60 Å². The minimum atomic E-state index is -0.127. The van der Waals surface area contributed by atoms with Gasteiger partial charge in [-0.15, -0.1) is 6.58 Å². The number of carbonyl (C=O) groups excluding carboxylic acids is 1. The third-order valence-electron chi connectivity index (χ3n) is 3.16. The predicted octanol–water partition coefficient (Wildman–Crippen LogP) is 2.83. The fourth-order valence-electron chi connectivity index (χ4n) is 1.62. The summed E-state index contributed by atoms with van der Waals surface area (Å²) in [5, 5.41) is 6.06. The molecule has 0 aromatic heterocycles. The van der Waals surface area contributed by atoms with Gasteiger partial charge in [-0.3, -0.25) is 4.79 Å². The molecule has 1 aromatic carbocycles. The van der Waals surface area contributed by atoms with Crippen LogP contribution in [0.4, 0.5) is 5.69 Å². The summed E-state index contributed by atoms with van der Waals surface area (Å²) < 4.78 is 5.36. The molecular formula is C16H24N2O2. The zero-order valence-electron chi connectivity index (χ0n) is 12.5. The Hall–Kier alpha value is -1.81. The van der Waals surface area contributed by atoms with E-state index in [0.717, 1.165) is 18.7 Å². The van der Waals surface area contributed by atoms with Crippen molar-refractivity contribution in [2.45, 2.75) is 25.9 Å². The fraction of sp³-hybridized carbons (Fsp3) is 0.438. The van der Waals surface area contributed by atoms with E-state index in [1.54, 1.807) is 13.2 Å². The van der Waals surface area contributed by atoms with Gasteiger partial charge >= 0.3 is 0 Å². The van der Waals surface area contributed by atoms with E-state index in [1.807, 2.05) is 24.3 Å². The van der Waals surface area contributed by atoms with Crippen LogP contribution in [0.1, 0.15) is 30.6 Å². The second-order valence-corrected chi connectivity index (χ2v) is 5.22. The van der Waals surface area contributed by atoms with Crippen LogP contribution in [0, 0.1) is 0 Å². The van der Waals surface area contributed by atoms with Crippen LogP contribution in [0.5, 0.6) is 0 Å². The molecule has 0 spiro atoms. The minimum absolute atomic E-state index is 0.0861. The molecule has 0 radical (unpaired) electrons. The number of nitrogens with one attached hydrogen (secondary N) is 2. The molecule has 20 heavy (non-hydrogen) atoms. The second-order valence-electron chi connectivity index (χ2n) is 5.22. The van der Waals surface area contributed by atoms with Crippen molar-refractivity contribution < 1.29 is 9.53 Å². The number of methoxy groups -OCH3 is 1. The van der Waals surface area contributed by atoms with Gasteiger partial charge in [0, 0.05) is 31.5 Å². The summed E-state index contributed by atoms with van der Waals surface area (Å²) >= 11 is 0. The normalized spacial score (nSPS) is 10.9. The number of anilines is 1. The first-order valence-electron chi connectivity index (χ1n) is 6.77. The molecule has 0 heterocycles. The van der Waals surface area contributed by atoms with Gasteiger partial charge in [0.25, 0.3) is 5.91 Å². The zero-order valence-corrected chi connectivity index (χ0v) is 12.5. The SMILES string of the molecule is C=CCNC(=O)c1ccc(NCCC(C)(C)OC)cc1. The minimum Gasteiger partial charge on any atom is -0.385 e. The molecule has 1 amide bonds. The Bertz CT molecular complexity index is 438. The van der Waals surface area contributed by atoms with E-state index in [9.17, 15) is 4.79 Å². The number of hydrogen-bond acceptors (Lipinski definition) is 3. The Labute approximate surface area is 121 Å². The second kappa shape index (κ2) is 7.70. The molecule has 4 nitrogen and oxygen atoms in total. The first kappa shape index (κ1) is 16.2. The summed E-state index contributed by atoms with van der Waals surface area (Å²) in [6, 6.07) is 7.43. The van der Waals surface area contributed by atoms with Crippen LogP contribution in [-0.2, 0) is 4.74 Å². The molecule has 2 N–H and O–H groups in total. The van der Waals surface area contributed by atoms with Crippen LogP contribution in [-0.4, -0.2) is 31.7 Å². The summed E-state index contributed by atoms with van der Waals surface area (Å²) in [5.74, 6) is -0.0861. The highest BCUT2D eigenvalue weighted by molar-refractivity contribution is 5.94. The van der Waals surface area contributed by atoms with Gasteiger partial charge in [-0.25, -0.2) is 0 Å². The van der Waals surface area contributed by atoms with Crippen LogP contribution in [0.3, 0.4) is 0 Å². The number of amides is 1. The Morgan fingerprint density at radius 2 is 2.00 bits per heavy atom. The molecule has 0 atom stereocenters. The first-order chi connectivity index (χ1) is 9.48. The molecule has 0 aliphatic carbocycles. The van der Waals surface area contributed by atoms with Gasteiger partial charge in [0.2, 0.25) is 0 Å². The van der Waals surface area contributed by atoms with Crippen molar-refractivity contribution >= 4 is 11.6 Å². The Morgan fingerprint density at radius 3 is 2.55 bits per heavy atom. The lowest BCUT2D eigenvalue weighted by Gasteiger charge is -2.23. The quantitative estimate of drug-likeness (QED) is 0.718. The first-order valence-corrected chi connectivity index (χ1v) is 6.77. The molecule has 1 rings (SSSR count). The monoisotopic (exact) mass is 276 g/mol. The summed E-state index contributed by atoms with van der Waals surface area (Å²) in [4.78, 5) is 11.7. The standard InChI is InChI=1S/C16H24N2O2/c1-5-11-18-15(19)13-6-8-14(9-7-13)17-12-10-16(2,3)20-4/h5-9,17H,1,10-12H2,2-4H3,(H,18,19). The molecule has 110 valence electrons. The van der Waals surface area contributed by atoms with Crippen LogP contribution in [0.25, 0.3) is 0 Å². The lowest BCUT2D eigenvalue weighted by molar-refractivity contribution is 0.0185. The van der Waals surface area contributed by atoms with E-state index >= 15 is 0 Å². The Kier molecular flexibility index (Phi) is 6.25. The molecule has 0 aliphatic heterocycles. The van der Waals surface area contributed by atoms with Crippen molar-refractivity contribution in [2.24, 2.45) is 0 Å². The molecule has 0 fully saturated rings. The van der Waals surface area contributed by atoms with Crippen molar-refractivity contribution in [2.75, 3.05) is 25.5 Å². The lowest BCUT2D eigenvalue weighted by atomic mass is 10.1. The maximum Gasteiger partial charge on any atom is 0.251 e. The average Bonchev–Trinajstić information content (AvgIpc) is 2.45. The van der Waals surface area contributed by atoms with E-state index in [4.69, 9.17) is 4.74 Å². The van der Waals surface area contributed by atoms with Crippen molar-refractivity contribution in [3.05, 3.63) is 42.5 Å². The highest BCUT2D eigenvalue weighted by atomic mass is 16.5. The van der Waals surface area contributed by atoms with Crippen molar-refractivity contribution in [1.82, 2.24) is 5.32 Å². The van der Waals surface area contributed by atoms with E-state index in [-0.39, 0.29) is 11.5 Å². The topological polar surface area (TPSA) is 50.4 Å².